The van der Waals surface area contributed by atoms with E-state index in [0.717, 1.165) is 5.56 Å². The largest absolute Gasteiger partial charge is 0.459 e. The van der Waals surface area contributed by atoms with Gasteiger partial charge in [-0.15, -0.1) is 5.10 Å². The number of nitrogens with two attached hydrogens (primary N) is 1. The molecular formula is C37H30N6O7S. The van der Waals surface area contributed by atoms with E-state index in [1.807, 2.05) is 30.3 Å². The molecule has 0 radical (unpaired) electrons. The molecule has 51 heavy (non-hydrogen) atoms. The number of aromatic nitrogens is 5. The van der Waals surface area contributed by atoms with E-state index in [1.54, 1.807) is 91.0 Å². The van der Waals surface area contributed by atoms with Crippen molar-refractivity contribution in [3.05, 3.63) is 144 Å². The minimum Gasteiger partial charge on any atom is -0.459 e. The first-order valence-corrected chi connectivity index (χ1v) is 16.9. The molecule has 7 rings (SSSR count). The molecule has 1 fully saturated rings. The van der Waals surface area contributed by atoms with Gasteiger partial charge in [-0.1, -0.05) is 102 Å². The van der Waals surface area contributed by atoms with Crippen molar-refractivity contribution in [3.8, 4) is 0 Å². The van der Waals surface area contributed by atoms with Crippen molar-refractivity contribution in [1.29, 1.82) is 0 Å². The molecule has 0 spiro atoms. The number of benzene rings is 4. The fraction of sp³-hybridized carbons (Fsp3) is 0.162. The van der Waals surface area contributed by atoms with Crippen molar-refractivity contribution in [2.45, 2.75) is 35.4 Å². The Hall–Kier alpha value is -6.12. The SMILES string of the molecule is Nc1nc(SCc2ccccc2)nc2c1nnn2[C@@H]1O[C@H](COC(=O)c2ccccc2)[C@@H](OC(=O)c2ccccc2)[C@H]1OC(=O)c1ccccc1. The summed E-state index contributed by atoms with van der Waals surface area (Å²) in [6, 6.07) is 34.8. The summed E-state index contributed by atoms with van der Waals surface area (Å²) in [5, 5.41) is 8.84. The molecule has 1 saturated heterocycles. The van der Waals surface area contributed by atoms with Gasteiger partial charge in [0.25, 0.3) is 0 Å². The highest BCUT2D eigenvalue weighted by Gasteiger charge is 2.52. The Morgan fingerprint density at radius 3 is 1.82 bits per heavy atom. The first-order chi connectivity index (χ1) is 24.9. The van der Waals surface area contributed by atoms with Crippen LogP contribution in [0.5, 0.6) is 0 Å². The Bertz CT molecular complexity index is 2140. The van der Waals surface area contributed by atoms with E-state index in [9.17, 15) is 14.4 Å². The third-order valence-corrected chi connectivity index (χ3v) is 8.88. The second-order valence-electron chi connectivity index (χ2n) is 11.4. The zero-order chi connectivity index (χ0) is 35.2. The third kappa shape index (κ3) is 7.56. The summed E-state index contributed by atoms with van der Waals surface area (Å²) in [5.74, 6) is -1.40. The molecule has 0 aliphatic carbocycles. The summed E-state index contributed by atoms with van der Waals surface area (Å²) in [4.78, 5) is 49.1. The lowest BCUT2D eigenvalue weighted by Crippen LogP contribution is -2.41. The number of esters is 3. The van der Waals surface area contributed by atoms with Crippen LogP contribution in [0.3, 0.4) is 0 Å². The number of hydrogen-bond acceptors (Lipinski definition) is 13. The summed E-state index contributed by atoms with van der Waals surface area (Å²) >= 11 is 1.36. The number of carbonyl (C=O) groups excluding carboxylic acids is 3. The number of nitrogen functional groups attached to an aromatic ring is 1. The van der Waals surface area contributed by atoms with Gasteiger partial charge in [0.15, 0.2) is 40.6 Å². The fourth-order valence-electron chi connectivity index (χ4n) is 5.44. The summed E-state index contributed by atoms with van der Waals surface area (Å²) in [6.45, 7) is -0.363. The highest BCUT2D eigenvalue weighted by atomic mass is 32.2. The van der Waals surface area contributed by atoms with Crippen molar-refractivity contribution < 1.29 is 33.3 Å². The summed E-state index contributed by atoms with van der Waals surface area (Å²) in [5.41, 5.74) is 8.56. The van der Waals surface area contributed by atoms with E-state index < -0.39 is 42.4 Å². The third-order valence-electron chi connectivity index (χ3n) is 7.96. The summed E-state index contributed by atoms with van der Waals surface area (Å²) in [6.07, 6.45) is -4.95. The highest BCUT2D eigenvalue weighted by molar-refractivity contribution is 7.98. The Kier molecular flexibility index (Phi) is 9.94. The van der Waals surface area contributed by atoms with E-state index in [-0.39, 0.29) is 34.7 Å². The van der Waals surface area contributed by atoms with E-state index in [0.29, 0.717) is 16.5 Å². The minimum atomic E-state index is -1.31. The first kappa shape index (κ1) is 33.4. The molecule has 14 heteroatoms. The van der Waals surface area contributed by atoms with Crippen molar-refractivity contribution in [2.75, 3.05) is 12.3 Å². The molecule has 2 aromatic heterocycles. The molecule has 256 valence electrons. The molecule has 1 aliphatic rings. The second-order valence-corrected chi connectivity index (χ2v) is 12.3. The summed E-state index contributed by atoms with van der Waals surface area (Å²) < 4.78 is 25.5. The van der Waals surface area contributed by atoms with Crippen molar-refractivity contribution in [1.82, 2.24) is 25.0 Å². The highest BCUT2D eigenvalue weighted by Crippen LogP contribution is 2.37. The number of thioether (sulfide) groups is 1. The van der Waals surface area contributed by atoms with Crippen LogP contribution in [0, 0.1) is 0 Å². The van der Waals surface area contributed by atoms with Crippen LogP contribution in [0.25, 0.3) is 11.2 Å². The van der Waals surface area contributed by atoms with Gasteiger partial charge in [0, 0.05) is 5.75 Å². The molecule has 1 aliphatic heterocycles. The van der Waals surface area contributed by atoms with Gasteiger partial charge >= 0.3 is 17.9 Å². The molecule has 4 aromatic carbocycles. The molecule has 6 aromatic rings. The maximum Gasteiger partial charge on any atom is 0.338 e. The Balaban J connectivity index is 1.25. The molecular weight excluding hydrogens is 673 g/mol. The standard InChI is InChI=1S/C37H30N6O7S/c38-31-28-32(40-37(39-31)51-22-23-13-5-1-6-14-23)43(42-41-28)33-30(50-36(46)26-19-11-4-12-20-26)29(49-35(45)25-17-9-3-10-18-25)27(48-33)21-47-34(44)24-15-7-2-8-16-24/h1-20,27,29-30,33H,21-22H2,(H2,38,39,40)/t27-,29-,30-,33-/m1/s1. The molecule has 3 heterocycles. The van der Waals surface area contributed by atoms with E-state index in [2.05, 4.69) is 15.3 Å². The molecule has 0 bridgehead atoms. The quantitative estimate of drug-likeness (QED) is 0.0799. The number of anilines is 1. The van der Waals surface area contributed by atoms with Crippen LogP contribution >= 0.6 is 11.8 Å². The zero-order valence-electron chi connectivity index (χ0n) is 26.9. The molecule has 0 saturated carbocycles. The molecule has 2 N–H and O–H groups in total. The van der Waals surface area contributed by atoms with Crippen molar-refractivity contribution in [3.63, 3.8) is 0 Å². The van der Waals surface area contributed by atoms with Gasteiger partial charge in [0.05, 0.1) is 16.7 Å². The van der Waals surface area contributed by atoms with Crippen LogP contribution in [-0.2, 0) is 24.7 Å². The zero-order valence-corrected chi connectivity index (χ0v) is 27.7. The average Bonchev–Trinajstić information content (AvgIpc) is 3.75. The monoisotopic (exact) mass is 702 g/mol. The predicted octanol–water partition coefficient (Wildman–Crippen LogP) is 5.30. The number of hydrogen-bond donors (Lipinski definition) is 1. The van der Waals surface area contributed by atoms with E-state index in [1.165, 1.54) is 16.4 Å². The van der Waals surface area contributed by atoms with Gasteiger partial charge < -0.3 is 24.7 Å². The summed E-state index contributed by atoms with van der Waals surface area (Å²) in [7, 11) is 0. The lowest BCUT2D eigenvalue weighted by Gasteiger charge is -2.24. The number of ether oxygens (including phenoxy) is 4. The van der Waals surface area contributed by atoms with Crippen LogP contribution in [0.15, 0.2) is 126 Å². The van der Waals surface area contributed by atoms with Crippen LogP contribution in [0.2, 0.25) is 0 Å². The van der Waals surface area contributed by atoms with Crippen molar-refractivity contribution >= 4 is 46.7 Å². The average molecular weight is 703 g/mol. The molecule has 13 nitrogen and oxygen atoms in total. The van der Waals surface area contributed by atoms with E-state index >= 15 is 0 Å². The molecule has 4 atom stereocenters. The Morgan fingerprint density at radius 1 is 0.706 bits per heavy atom. The van der Waals surface area contributed by atoms with Gasteiger partial charge in [-0.25, -0.2) is 24.4 Å². The van der Waals surface area contributed by atoms with Gasteiger partial charge in [-0.3, -0.25) is 0 Å². The first-order valence-electron chi connectivity index (χ1n) is 15.9. The lowest BCUT2D eigenvalue weighted by atomic mass is 10.1. The number of rotatable bonds is 11. The lowest BCUT2D eigenvalue weighted by molar-refractivity contribution is -0.0661. The maximum atomic E-state index is 13.6. The molecule has 0 unspecified atom stereocenters. The van der Waals surface area contributed by atoms with Crippen LogP contribution < -0.4 is 5.73 Å². The van der Waals surface area contributed by atoms with Gasteiger partial charge in [0.2, 0.25) is 0 Å². The predicted molar refractivity (Wildman–Crippen MR) is 185 cm³/mol. The number of fused-ring (bicyclic) bond motifs is 1. The Morgan fingerprint density at radius 2 is 1.24 bits per heavy atom. The van der Waals surface area contributed by atoms with Crippen LogP contribution in [0.1, 0.15) is 42.9 Å². The second kappa shape index (κ2) is 15.2. The topological polar surface area (TPSA) is 171 Å². The normalized spacial score (nSPS) is 18.3. The fourth-order valence-corrected chi connectivity index (χ4v) is 6.24. The van der Waals surface area contributed by atoms with Gasteiger partial charge in [-0.2, -0.15) is 4.68 Å². The minimum absolute atomic E-state index is 0.0815. The van der Waals surface area contributed by atoms with Crippen LogP contribution in [0.4, 0.5) is 5.82 Å². The molecule has 0 amide bonds. The van der Waals surface area contributed by atoms with Crippen LogP contribution in [-0.4, -0.2) is 67.8 Å². The Labute approximate surface area is 295 Å². The van der Waals surface area contributed by atoms with Gasteiger partial charge in [0.1, 0.15) is 12.7 Å². The van der Waals surface area contributed by atoms with Gasteiger partial charge in [-0.05, 0) is 42.0 Å². The smallest absolute Gasteiger partial charge is 0.338 e. The van der Waals surface area contributed by atoms with Crippen molar-refractivity contribution in [2.24, 2.45) is 0 Å². The van der Waals surface area contributed by atoms with E-state index in [4.69, 9.17) is 29.7 Å². The number of nitrogens with zero attached hydrogens (tertiary/aromatic N) is 5. The maximum absolute atomic E-state index is 13.6. The number of carbonyl (C=O) groups is 3.